The number of aliphatic imine (C=N–C) groups is 3. The van der Waals surface area contributed by atoms with Crippen molar-refractivity contribution in [3.05, 3.63) is 78.6 Å². The van der Waals surface area contributed by atoms with Crippen LogP contribution in [0.4, 0.5) is 0 Å². The van der Waals surface area contributed by atoms with Crippen molar-refractivity contribution in [1.29, 1.82) is 0 Å². The highest BCUT2D eigenvalue weighted by atomic mass is 15.5. The fraction of sp³-hybridized carbons (Fsp3) is 0.217. The molecule has 0 aliphatic carbocycles. The van der Waals surface area contributed by atoms with Crippen LogP contribution in [0.5, 0.6) is 0 Å². The Kier molecular flexibility index (Phi) is 4.95. The molecule has 31 heavy (non-hydrogen) atoms. The first-order valence-electron chi connectivity index (χ1n) is 10.4. The van der Waals surface area contributed by atoms with E-state index in [-0.39, 0.29) is 12.2 Å². The lowest BCUT2D eigenvalue weighted by molar-refractivity contribution is 0.338. The van der Waals surface area contributed by atoms with Gasteiger partial charge in [-0.25, -0.2) is 14.7 Å². The van der Waals surface area contributed by atoms with Gasteiger partial charge in [0.05, 0.1) is 6.20 Å². The summed E-state index contributed by atoms with van der Waals surface area (Å²) in [5.74, 6) is 1.72. The molecule has 0 saturated heterocycles. The average molecular weight is 413 g/mol. The lowest BCUT2D eigenvalue weighted by Crippen LogP contribution is -2.48. The van der Waals surface area contributed by atoms with Gasteiger partial charge in [-0.2, -0.15) is 10.1 Å². The SMILES string of the molecule is CCN1C(n2cc(-c3ccccc3)cn2)=NC2C(N)=NC(NCc3ccccc3)=NC21. The normalized spacial score (nSPS) is 20.0. The standard InChI is InChI=1S/C23H24N8/c1-2-30-21-19(20(24)28-22(29-21)25-13-16-9-5-3-6-10-16)27-23(30)31-15-18(14-26-31)17-11-7-4-8-12-17/h3-12,14-15,19,21H,2,13H2,1H3,(H3,24,25,28,29). The summed E-state index contributed by atoms with van der Waals surface area (Å²) < 4.78 is 1.80. The Morgan fingerprint density at radius 2 is 1.71 bits per heavy atom. The third-order valence-electron chi connectivity index (χ3n) is 5.43. The van der Waals surface area contributed by atoms with Crippen LogP contribution in [0.3, 0.4) is 0 Å². The summed E-state index contributed by atoms with van der Waals surface area (Å²) in [6.45, 7) is 3.44. The number of aromatic nitrogens is 2. The fourth-order valence-electron chi connectivity index (χ4n) is 3.85. The molecule has 2 aliphatic rings. The third-order valence-corrected chi connectivity index (χ3v) is 5.43. The highest BCUT2D eigenvalue weighted by Crippen LogP contribution is 2.24. The first-order chi connectivity index (χ1) is 15.2. The second kappa shape index (κ2) is 8.06. The molecule has 1 aromatic heterocycles. The molecule has 0 saturated carbocycles. The lowest BCUT2D eigenvalue weighted by atomic mass is 10.1. The van der Waals surface area contributed by atoms with Gasteiger partial charge >= 0.3 is 0 Å². The maximum absolute atomic E-state index is 6.30. The van der Waals surface area contributed by atoms with Gasteiger partial charge in [0, 0.05) is 24.8 Å². The summed E-state index contributed by atoms with van der Waals surface area (Å²) in [4.78, 5) is 16.2. The highest BCUT2D eigenvalue weighted by molar-refractivity contribution is 6.03. The second-order valence-corrected chi connectivity index (χ2v) is 7.44. The Bertz CT molecular complexity index is 1150. The van der Waals surface area contributed by atoms with Crippen LogP contribution in [0, 0.1) is 0 Å². The molecular formula is C23H24N8. The van der Waals surface area contributed by atoms with Crippen LogP contribution in [0.15, 0.2) is 88.0 Å². The summed E-state index contributed by atoms with van der Waals surface area (Å²) in [5, 5.41) is 7.84. The number of likely N-dealkylation sites (N-methyl/N-ethyl adjacent to an activating group) is 1. The number of rotatable bonds is 4. The molecule has 8 heteroatoms. The third kappa shape index (κ3) is 3.68. The van der Waals surface area contributed by atoms with Crippen molar-refractivity contribution in [2.75, 3.05) is 6.54 Å². The predicted molar refractivity (Wildman–Crippen MR) is 123 cm³/mol. The maximum Gasteiger partial charge on any atom is 0.224 e. The van der Waals surface area contributed by atoms with E-state index >= 15 is 0 Å². The van der Waals surface area contributed by atoms with Crippen molar-refractivity contribution in [3.8, 4) is 11.1 Å². The van der Waals surface area contributed by atoms with Crippen molar-refractivity contribution in [3.63, 3.8) is 0 Å². The number of hydrogen-bond acceptors (Lipinski definition) is 7. The molecule has 0 fully saturated rings. The zero-order chi connectivity index (χ0) is 21.2. The molecule has 8 nitrogen and oxygen atoms in total. The van der Waals surface area contributed by atoms with E-state index in [1.807, 2.05) is 48.8 Å². The predicted octanol–water partition coefficient (Wildman–Crippen LogP) is 2.30. The molecule has 0 amide bonds. The fourth-order valence-corrected chi connectivity index (χ4v) is 3.85. The maximum atomic E-state index is 6.30. The van der Waals surface area contributed by atoms with Crippen molar-refractivity contribution in [1.82, 2.24) is 20.0 Å². The number of amidine groups is 1. The smallest absolute Gasteiger partial charge is 0.224 e. The topological polar surface area (TPSA) is 96.2 Å². The second-order valence-electron chi connectivity index (χ2n) is 7.44. The Balaban J connectivity index is 1.38. The molecule has 2 atom stereocenters. The number of benzene rings is 2. The van der Waals surface area contributed by atoms with Crippen molar-refractivity contribution in [2.45, 2.75) is 25.7 Å². The van der Waals surface area contributed by atoms with Crippen molar-refractivity contribution < 1.29 is 0 Å². The van der Waals surface area contributed by atoms with Crippen molar-refractivity contribution >= 4 is 17.8 Å². The molecule has 5 rings (SSSR count). The molecule has 3 aromatic rings. The molecular weight excluding hydrogens is 388 g/mol. The minimum Gasteiger partial charge on any atom is -0.385 e. The lowest BCUT2D eigenvalue weighted by Gasteiger charge is -2.28. The number of hydrogen-bond donors (Lipinski definition) is 2. The van der Waals surface area contributed by atoms with Gasteiger partial charge < -0.3 is 16.0 Å². The summed E-state index contributed by atoms with van der Waals surface area (Å²) in [6, 6.07) is 20.0. The van der Waals surface area contributed by atoms with Gasteiger partial charge in [-0.05, 0) is 18.1 Å². The zero-order valence-corrected chi connectivity index (χ0v) is 17.3. The molecule has 3 N–H and O–H groups in total. The Morgan fingerprint density at radius 1 is 0.968 bits per heavy atom. The number of fused-ring (bicyclic) bond motifs is 1. The zero-order valence-electron chi connectivity index (χ0n) is 17.3. The van der Waals surface area contributed by atoms with E-state index in [2.05, 4.69) is 51.5 Å². The molecule has 2 unspecified atom stereocenters. The summed E-state index contributed by atoms with van der Waals surface area (Å²) in [6.07, 6.45) is 3.60. The van der Waals surface area contributed by atoms with E-state index < -0.39 is 0 Å². The van der Waals surface area contributed by atoms with Gasteiger partial charge in [0.1, 0.15) is 5.84 Å². The first-order valence-corrected chi connectivity index (χ1v) is 10.4. The molecule has 156 valence electrons. The number of nitrogens with zero attached hydrogens (tertiary/aromatic N) is 6. The van der Waals surface area contributed by atoms with Crippen LogP contribution in [0.25, 0.3) is 11.1 Å². The van der Waals surface area contributed by atoms with E-state index in [9.17, 15) is 0 Å². The minimum atomic E-state index is -0.318. The Morgan fingerprint density at radius 3 is 2.45 bits per heavy atom. The summed E-state index contributed by atoms with van der Waals surface area (Å²) in [5.41, 5.74) is 9.60. The molecule has 2 aromatic carbocycles. The quantitative estimate of drug-likeness (QED) is 0.687. The van der Waals surface area contributed by atoms with E-state index in [1.165, 1.54) is 0 Å². The molecule has 0 bridgehead atoms. The van der Waals surface area contributed by atoms with Crippen LogP contribution in [0.1, 0.15) is 12.5 Å². The van der Waals surface area contributed by atoms with Gasteiger partial charge in [-0.15, -0.1) is 0 Å². The van der Waals surface area contributed by atoms with E-state index in [0.29, 0.717) is 18.3 Å². The van der Waals surface area contributed by atoms with Crippen LogP contribution < -0.4 is 11.1 Å². The van der Waals surface area contributed by atoms with Gasteiger partial charge in [0.2, 0.25) is 11.9 Å². The molecule has 3 heterocycles. The van der Waals surface area contributed by atoms with Gasteiger partial charge in [-0.3, -0.25) is 0 Å². The summed E-state index contributed by atoms with van der Waals surface area (Å²) >= 11 is 0. The van der Waals surface area contributed by atoms with Crippen LogP contribution >= 0.6 is 0 Å². The van der Waals surface area contributed by atoms with Gasteiger partial charge in [0.25, 0.3) is 0 Å². The summed E-state index contributed by atoms with van der Waals surface area (Å²) in [7, 11) is 0. The van der Waals surface area contributed by atoms with Crippen LogP contribution in [-0.2, 0) is 6.54 Å². The Hall–Kier alpha value is -3.94. The largest absolute Gasteiger partial charge is 0.385 e. The molecule has 0 spiro atoms. The monoisotopic (exact) mass is 412 g/mol. The number of nitrogens with two attached hydrogens (primary N) is 1. The minimum absolute atomic E-state index is 0.236. The molecule has 2 aliphatic heterocycles. The van der Waals surface area contributed by atoms with E-state index in [1.54, 1.807) is 4.68 Å². The van der Waals surface area contributed by atoms with Crippen molar-refractivity contribution in [2.24, 2.45) is 20.7 Å². The van der Waals surface area contributed by atoms with Crippen LogP contribution in [0.2, 0.25) is 0 Å². The average Bonchev–Trinajstić information content (AvgIpc) is 3.44. The number of guanidine groups is 1. The van der Waals surface area contributed by atoms with Gasteiger partial charge in [-0.1, -0.05) is 60.7 Å². The molecule has 0 radical (unpaired) electrons. The highest BCUT2D eigenvalue weighted by Gasteiger charge is 2.41. The van der Waals surface area contributed by atoms with Gasteiger partial charge in [0.15, 0.2) is 12.2 Å². The first kappa shape index (κ1) is 19.0. The Labute approximate surface area is 180 Å². The van der Waals surface area contributed by atoms with E-state index in [0.717, 1.165) is 29.2 Å². The van der Waals surface area contributed by atoms with E-state index in [4.69, 9.17) is 15.7 Å². The number of nitrogens with one attached hydrogen (secondary N) is 1. The van der Waals surface area contributed by atoms with Crippen LogP contribution in [-0.4, -0.2) is 51.2 Å².